The SMILES string of the molecule is Cc1ccc(C(C)(C)C)cc1CC(c1nnc2c(Oc3ccc(C(=O)NCCO)cc3)c(C(C)C)[nH]n12)C(C)C. The molecule has 4 rings (SSSR count). The second-order valence-corrected chi connectivity index (χ2v) is 12.3. The van der Waals surface area contributed by atoms with E-state index in [1.54, 1.807) is 24.3 Å². The first-order chi connectivity index (χ1) is 18.9. The zero-order valence-corrected chi connectivity index (χ0v) is 25.0. The lowest BCUT2D eigenvalue weighted by atomic mass is 9.82. The predicted molar refractivity (Wildman–Crippen MR) is 159 cm³/mol. The number of aryl methyl sites for hydroxylation is 1. The first-order valence-corrected chi connectivity index (χ1v) is 14.1. The summed E-state index contributed by atoms with van der Waals surface area (Å²) in [7, 11) is 0. The summed E-state index contributed by atoms with van der Waals surface area (Å²) in [6, 6.07) is 13.8. The van der Waals surface area contributed by atoms with Gasteiger partial charge in [-0.15, -0.1) is 10.2 Å². The molecule has 0 aliphatic rings. The van der Waals surface area contributed by atoms with Gasteiger partial charge in [0.2, 0.25) is 5.65 Å². The van der Waals surface area contributed by atoms with E-state index in [0.717, 1.165) is 17.9 Å². The number of benzene rings is 2. The Morgan fingerprint density at radius 3 is 2.38 bits per heavy atom. The van der Waals surface area contributed by atoms with Crippen LogP contribution in [-0.2, 0) is 11.8 Å². The molecule has 1 amide bonds. The van der Waals surface area contributed by atoms with E-state index in [0.29, 0.717) is 28.6 Å². The molecule has 0 saturated heterocycles. The van der Waals surface area contributed by atoms with Crippen molar-refractivity contribution in [3.63, 3.8) is 0 Å². The minimum absolute atomic E-state index is 0.0806. The predicted octanol–water partition coefficient (Wildman–Crippen LogP) is 6.28. The molecule has 0 spiro atoms. The third-order valence-electron chi connectivity index (χ3n) is 7.47. The third-order valence-corrected chi connectivity index (χ3v) is 7.47. The van der Waals surface area contributed by atoms with Crippen molar-refractivity contribution in [1.29, 1.82) is 0 Å². The summed E-state index contributed by atoms with van der Waals surface area (Å²) in [6.07, 6.45) is 0.861. The van der Waals surface area contributed by atoms with Gasteiger partial charge in [-0.05, 0) is 71.6 Å². The number of ether oxygens (including phenoxy) is 1. The molecule has 0 fully saturated rings. The molecule has 0 aliphatic heterocycles. The van der Waals surface area contributed by atoms with E-state index in [-0.39, 0.29) is 36.3 Å². The molecule has 1 unspecified atom stereocenters. The summed E-state index contributed by atoms with van der Waals surface area (Å²) in [5.41, 5.74) is 6.11. The molecule has 4 aromatic rings. The number of carbonyl (C=O) groups is 1. The van der Waals surface area contributed by atoms with E-state index >= 15 is 0 Å². The van der Waals surface area contributed by atoms with E-state index in [9.17, 15) is 4.79 Å². The molecule has 0 radical (unpaired) electrons. The Balaban J connectivity index is 1.68. The van der Waals surface area contributed by atoms with Gasteiger partial charge in [-0.1, -0.05) is 66.7 Å². The zero-order chi connectivity index (χ0) is 29.2. The van der Waals surface area contributed by atoms with Crippen LogP contribution < -0.4 is 10.1 Å². The van der Waals surface area contributed by atoms with Gasteiger partial charge in [0, 0.05) is 18.0 Å². The lowest BCUT2D eigenvalue weighted by Crippen LogP contribution is -2.26. The summed E-state index contributed by atoms with van der Waals surface area (Å²) in [4.78, 5) is 12.2. The Morgan fingerprint density at radius 1 is 1.07 bits per heavy atom. The minimum atomic E-state index is -0.238. The molecule has 40 heavy (non-hydrogen) atoms. The van der Waals surface area contributed by atoms with Gasteiger partial charge in [0.15, 0.2) is 11.6 Å². The van der Waals surface area contributed by atoms with Gasteiger partial charge in [-0.25, -0.2) is 4.52 Å². The molecule has 2 heterocycles. The lowest BCUT2D eigenvalue weighted by molar-refractivity contribution is 0.0944. The first kappa shape index (κ1) is 29.3. The molecule has 8 nitrogen and oxygen atoms in total. The molecule has 1 atom stereocenters. The summed E-state index contributed by atoms with van der Waals surface area (Å²) < 4.78 is 8.34. The largest absolute Gasteiger partial charge is 0.451 e. The Kier molecular flexibility index (Phi) is 8.68. The summed E-state index contributed by atoms with van der Waals surface area (Å²) >= 11 is 0. The smallest absolute Gasteiger partial charge is 0.251 e. The van der Waals surface area contributed by atoms with Crippen LogP contribution >= 0.6 is 0 Å². The van der Waals surface area contributed by atoms with Gasteiger partial charge in [0.25, 0.3) is 5.91 Å². The van der Waals surface area contributed by atoms with Crippen molar-refractivity contribution in [2.75, 3.05) is 13.2 Å². The van der Waals surface area contributed by atoms with E-state index in [1.807, 2.05) is 4.52 Å². The van der Waals surface area contributed by atoms with Gasteiger partial charge in [-0.3, -0.25) is 9.89 Å². The molecule has 8 heteroatoms. The fourth-order valence-electron chi connectivity index (χ4n) is 4.86. The van der Waals surface area contributed by atoms with Crippen LogP contribution in [-0.4, -0.2) is 44.0 Å². The van der Waals surface area contributed by atoms with E-state index in [4.69, 9.17) is 9.84 Å². The first-order valence-electron chi connectivity index (χ1n) is 14.1. The maximum absolute atomic E-state index is 12.2. The molecule has 0 bridgehead atoms. The summed E-state index contributed by atoms with van der Waals surface area (Å²) in [5, 5.41) is 24.4. The van der Waals surface area contributed by atoms with Crippen molar-refractivity contribution in [3.05, 3.63) is 76.2 Å². The second-order valence-electron chi connectivity index (χ2n) is 12.3. The number of nitrogens with one attached hydrogen (secondary N) is 2. The van der Waals surface area contributed by atoms with Crippen LogP contribution in [0.25, 0.3) is 5.65 Å². The maximum Gasteiger partial charge on any atom is 0.251 e. The summed E-state index contributed by atoms with van der Waals surface area (Å²) in [6.45, 7) is 17.7. The number of hydrogen-bond donors (Lipinski definition) is 3. The quantitative estimate of drug-likeness (QED) is 0.217. The Morgan fingerprint density at radius 2 is 1.77 bits per heavy atom. The number of aromatic nitrogens is 4. The van der Waals surface area contributed by atoms with Crippen molar-refractivity contribution in [2.45, 2.75) is 79.1 Å². The average molecular weight is 546 g/mol. The highest BCUT2D eigenvalue weighted by Gasteiger charge is 2.28. The number of rotatable bonds is 10. The van der Waals surface area contributed by atoms with Gasteiger partial charge < -0.3 is 15.2 Å². The number of carbonyl (C=O) groups excluding carboxylic acids is 1. The third kappa shape index (κ3) is 6.22. The van der Waals surface area contributed by atoms with Crippen molar-refractivity contribution < 1.29 is 14.6 Å². The van der Waals surface area contributed by atoms with Crippen molar-refractivity contribution in [2.24, 2.45) is 5.92 Å². The zero-order valence-electron chi connectivity index (χ0n) is 25.0. The Bertz CT molecular complexity index is 1460. The maximum atomic E-state index is 12.2. The molecular weight excluding hydrogens is 502 g/mol. The molecular formula is C32H43N5O3. The summed E-state index contributed by atoms with van der Waals surface area (Å²) in [5.74, 6) is 2.53. The molecule has 0 aliphatic carbocycles. The van der Waals surface area contributed by atoms with Gasteiger partial charge >= 0.3 is 0 Å². The number of fused-ring (bicyclic) bond motifs is 1. The normalized spacial score (nSPS) is 12.9. The standard InChI is InChI=1S/C32H43N5O3/c1-19(2)26(18-23-17-24(32(6,7)8)12-9-21(23)5)29-34-35-30-28(27(20(3)4)36-37(29)30)40-25-13-10-22(11-14-25)31(39)33-15-16-38/h9-14,17,19-20,26,36,38H,15-16,18H2,1-8H3,(H,33,39). The molecule has 2 aromatic carbocycles. The fraction of sp³-hybridized carbons (Fsp3) is 0.469. The van der Waals surface area contributed by atoms with Crippen molar-refractivity contribution >= 4 is 11.6 Å². The Labute approximate surface area is 237 Å². The number of aromatic amines is 1. The van der Waals surface area contributed by atoms with Crippen LogP contribution in [0, 0.1) is 12.8 Å². The van der Waals surface area contributed by atoms with E-state index in [1.165, 1.54) is 16.7 Å². The number of aliphatic hydroxyl groups is 1. The second kappa shape index (κ2) is 11.8. The van der Waals surface area contributed by atoms with Crippen molar-refractivity contribution in [3.8, 4) is 11.5 Å². The van der Waals surface area contributed by atoms with Crippen LogP contribution in [0.15, 0.2) is 42.5 Å². The van der Waals surface area contributed by atoms with Crippen LogP contribution in [0.2, 0.25) is 0 Å². The number of aliphatic hydroxyl groups excluding tert-OH is 1. The number of hydrogen-bond acceptors (Lipinski definition) is 5. The fourth-order valence-corrected chi connectivity index (χ4v) is 4.86. The highest BCUT2D eigenvalue weighted by Crippen LogP contribution is 2.37. The topological polar surface area (TPSA) is 105 Å². The number of amides is 1. The molecule has 0 saturated carbocycles. The molecule has 3 N–H and O–H groups in total. The van der Waals surface area contributed by atoms with Crippen LogP contribution in [0.1, 0.15) is 98.9 Å². The number of H-pyrrole nitrogens is 1. The lowest BCUT2D eigenvalue weighted by Gasteiger charge is -2.24. The van der Waals surface area contributed by atoms with Gasteiger partial charge in [-0.2, -0.15) is 0 Å². The highest BCUT2D eigenvalue weighted by molar-refractivity contribution is 5.94. The van der Waals surface area contributed by atoms with Gasteiger partial charge in [0.05, 0.1) is 12.3 Å². The van der Waals surface area contributed by atoms with E-state index in [2.05, 4.69) is 94.2 Å². The number of nitrogens with zero attached hydrogens (tertiary/aromatic N) is 3. The Hall–Kier alpha value is -3.65. The van der Waals surface area contributed by atoms with Gasteiger partial charge in [0.1, 0.15) is 5.75 Å². The minimum Gasteiger partial charge on any atom is -0.451 e. The van der Waals surface area contributed by atoms with Crippen LogP contribution in [0.5, 0.6) is 11.5 Å². The average Bonchev–Trinajstić information content (AvgIpc) is 3.46. The molecule has 214 valence electrons. The van der Waals surface area contributed by atoms with E-state index < -0.39 is 0 Å². The monoisotopic (exact) mass is 545 g/mol. The van der Waals surface area contributed by atoms with Crippen LogP contribution in [0.4, 0.5) is 0 Å². The highest BCUT2D eigenvalue weighted by atomic mass is 16.5. The van der Waals surface area contributed by atoms with Crippen molar-refractivity contribution in [1.82, 2.24) is 25.1 Å². The molecule has 2 aromatic heterocycles. The van der Waals surface area contributed by atoms with Crippen LogP contribution in [0.3, 0.4) is 0 Å².